The highest BCUT2D eigenvalue weighted by Crippen LogP contribution is 2.45. The van der Waals surface area contributed by atoms with Gasteiger partial charge in [-0.1, -0.05) is 66.2 Å². The highest BCUT2D eigenvalue weighted by atomic mass is 15.1. The van der Waals surface area contributed by atoms with Crippen LogP contribution in [0.3, 0.4) is 0 Å². The zero-order chi connectivity index (χ0) is 16.8. The Morgan fingerprint density at radius 1 is 0.840 bits per heavy atom. The van der Waals surface area contributed by atoms with Crippen LogP contribution in [0.2, 0.25) is 0 Å². The molecule has 3 aromatic carbocycles. The zero-order valence-corrected chi connectivity index (χ0v) is 14.5. The molecule has 2 aliphatic heterocycles. The van der Waals surface area contributed by atoms with Crippen LogP contribution in [0.5, 0.6) is 0 Å². The molecule has 0 saturated heterocycles. The third-order valence-electron chi connectivity index (χ3n) is 5.40. The lowest BCUT2D eigenvalue weighted by Crippen LogP contribution is -2.25. The first-order chi connectivity index (χ1) is 12.3. The summed E-state index contributed by atoms with van der Waals surface area (Å²) in [5.41, 5.74) is 10.8. The van der Waals surface area contributed by atoms with E-state index in [0.29, 0.717) is 0 Å². The molecule has 0 amide bonds. The SMILES string of the molecule is Cc1ccc(C2=Cc3ccccc3N3CCCc4cccc2c43)cc1. The first-order valence-electron chi connectivity index (χ1n) is 9.09. The summed E-state index contributed by atoms with van der Waals surface area (Å²) in [5, 5.41) is 0. The van der Waals surface area contributed by atoms with E-state index in [4.69, 9.17) is 0 Å². The predicted octanol–water partition coefficient (Wildman–Crippen LogP) is 5.98. The lowest BCUT2D eigenvalue weighted by molar-refractivity contribution is 0.766. The fraction of sp³-hybridized carbons (Fsp3) is 0.167. The van der Waals surface area contributed by atoms with Gasteiger partial charge in [-0.3, -0.25) is 0 Å². The number of hydrogen-bond donors (Lipinski definition) is 0. The van der Waals surface area contributed by atoms with E-state index < -0.39 is 0 Å². The van der Waals surface area contributed by atoms with Crippen molar-refractivity contribution in [2.75, 3.05) is 11.4 Å². The largest absolute Gasteiger partial charge is 0.340 e. The van der Waals surface area contributed by atoms with Gasteiger partial charge in [0.2, 0.25) is 0 Å². The average Bonchev–Trinajstić information content (AvgIpc) is 2.80. The van der Waals surface area contributed by atoms with E-state index in [-0.39, 0.29) is 0 Å². The van der Waals surface area contributed by atoms with Gasteiger partial charge in [0.05, 0.1) is 5.69 Å². The molecule has 0 N–H and O–H groups in total. The van der Waals surface area contributed by atoms with Crippen LogP contribution in [-0.4, -0.2) is 6.54 Å². The van der Waals surface area contributed by atoms with Crippen LogP contribution < -0.4 is 4.90 Å². The van der Waals surface area contributed by atoms with E-state index in [9.17, 15) is 0 Å². The van der Waals surface area contributed by atoms with Gasteiger partial charge in [-0.2, -0.15) is 0 Å². The summed E-state index contributed by atoms with van der Waals surface area (Å²) in [5.74, 6) is 0. The van der Waals surface area contributed by atoms with Gasteiger partial charge in [0.15, 0.2) is 0 Å². The molecule has 122 valence electrons. The number of nitrogens with zero attached hydrogens (tertiary/aromatic N) is 1. The average molecular weight is 323 g/mol. The first kappa shape index (κ1) is 14.5. The van der Waals surface area contributed by atoms with Crippen molar-refractivity contribution < 1.29 is 0 Å². The molecule has 0 aromatic heterocycles. The monoisotopic (exact) mass is 323 g/mol. The quantitative estimate of drug-likeness (QED) is 0.532. The second-order valence-corrected chi connectivity index (χ2v) is 7.05. The van der Waals surface area contributed by atoms with Crippen molar-refractivity contribution in [3.8, 4) is 0 Å². The topological polar surface area (TPSA) is 3.24 Å². The van der Waals surface area contributed by atoms with Gasteiger partial charge in [-0.05, 0) is 54.2 Å². The van der Waals surface area contributed by atoms with Crippen LogP contribution in [-0.2, 0) is 6.42 Å². The Bertz CT molecular complexity index is 979. The smallest absolute Gasteiger partial charge is 0.0523 e. The Morgan fingerprint density at radius 3 is 2.56 bits per heavy atom. The minimum absolute atomic E-state index is 1.09. The van der Waals surface area contributed by atoms with E-state index in [1.165, 1.54) is 57.6 Å². The van der Waals surface area contributed by atoms with Crippen LogP contribution in [0.25, 0.3) is 11.6 Å². The number of hydrogen-bond acceptors (Lipinski definition) is 1. The molecule has 0 bridgehead atoms. The van der Waals surface area contributed by atoms with E-state index in [1.807, 2.05) is 0 Å². The minimum atomic E-state index is 1.09. The molecule has 1 nitrogen and oxygen atoms in total. The van der Waals surface area contributed by atoms with Crippen molar-refractivity contribution in [2.24, 2.45) is 0 Å². The molecule has 0 aliphatic carbocycles. The molecular formula is C24H21N. The van der Waals surface area contributed by atoms with Crippen LogP contribution in [0.1, 0.15) is 34.2 Å². The summed E-state index contributed by atoms with van der Waals surface area (Å²) in [6.07, 6.45) is 4.75. The maximum Gasteiger partial charge on any atom is 0.0523 e. The fourth-order valence-corrected chi connectivity index (χ4v) is 4.17. The van der Waals surface area contributed by atoms with Gasteiger partial charge in [0.25, 0.3) is 0 Å². The molecule has 2 heterocycles. The number of rotatable bonds is 1. The maximum atomic E-state index is 2.53. The molecule has 2 aliphatic rings. The summed E-state index contributed by atoms with van der Waals surface area (Å²) in [7, 11) is 0. The van der Waals surface area contributed by atoms with Crippen LogP contribution >= 0.6 is 0 Å². The number of benzene rings is 3. The Balaban J connectivity index is 1.83. The molecule has 0 spiro atoms. The molecular weight excluding hydrogens is 302 g/mol. The summed E-state index contributed by atoms with van der Waals surface area (Å²) in [6.45, 7) is 3.24. The molecule has 5 rings (SSSR count). The van der Waals surface area contributed by atoms with Crippen LogP contribution in [0.4, 0.5) is 11.4 Å². The van der Waals surface area contributed by atoms with Crippen LogP contribution in [0.15, 0.2) is 66.7 Å². The van der Waals surface area contributed by atoms with E-state index in [0.717, 1.165) is 6.54 Å². The number of fused-ring (bicyclic) bond motifs is 2. The summed E-state index contributed by atoms with van der Waals surface area (Å²) in [6, 6.07) is 24.5. The van der Waals surface area contributed by atoms with E-state index in [1.54, 1.807) is 0 Å². The lowest BCUT2D eigenvalue weighted by Gasteiger charge is -2.33. The standard InChI is InChI=1S/C24H21N/c1-17-11-13-18(14-12-17)22-16-20-6-2-3-10-23(20)25-15-5-8-19-7-4-9-21(22)24(19)25/h2-4,6-7,9-14,16H,5,8,15H2,1H3. The fourth-order valence-electron chi connectivity index (χ4n) is 4.17. The Hall–Kier alpha value is -2.80. The van der Waals surface area contributed by atoms with Gasteiger partial charge >= 0.3 is 0 Å². The molecule has 0 fully saturated rings. The molecule has 25 heavy (non-hydrogen) atoms. The van der Waals surface area contributed by atoms with Crippen molar-refractivity contribution in [1.82, 2.24) is 0 Å². The van der Waals surface area contributed by atoms with Gasteiger partial charge in [-0.25, -0.2) is 0 Å². The third kappa shape index (κ3) is 2.31. The highest BCUT2D eigenvalue weighted by Gasteiger charge is 2.27. The zero-order valence-electron chi connectivity index (χ0n) is 14.5. The van der Waals surface area contributed by atoms with Crippen molar-refractivity contribution in [3.63, 3.8) is 0 Å². The summed E-state index contributed by atoms with van der Waals surface area (Å²) >= 11 is 0. The number of para-hydroxylation sites is 2. The van der Waals surface area contributed by atoms with E-state index >= 15 is 0 Å². The van der Waals surface area contributed by atoms with Crippen molar-refractivity contribution in [3.05, 3.63) is 94.5 Å². The Kier molecular flexibility index (Phi) is 3.27. The minimum Gasteiger partial charge on any atom is -0.340 e. The van der Waals surface area contributed by atoms with Gasteiger partial charge in [0.1, 0.15) is 0 Å². The predicted molar refractivity (Wildman–Crippen MR) is 106 cm³/mol. The Labute approximate surface area is 149 Å². The molecule has 0 saturated carbocycles. The summed E-state index contributed by atoms with van der Waals surface area (Å²) in [4.78, 5) is 2.53. The number of aryl methyl sites for hydroxylation is 2. The van der Waals surface area contributed by atoms with Crippen molar-refractivity contribution >= 4 is 23.0 Å². The molecule has 0 unspecified atom stereocenters. The van der Waals surface area contributed by atoms with Crippen molar-refractivity contribution in [2.45, 2.75) is 19.8 Å². The third-order valence-corrected chi connectivity index (χ3v) is 5.40. The van der Waals surface area contributed by atoms with Crippen molar-refractivity contribution in [1.29, 1.82) is 0 Å². The van der Waals surface area contributed by atoms with Gasteiger partial charge in [0, 0.05) is 17.8 Å². The Morgan fingerprint density at radius 2 is 1.68 bits per heavy atom. The lowest BCUT2D eigenvalue weighted by atomic mass is 9.91. The molecule has 3 aromatic rings. The maximum absolute atomic E-state index is 2.53. The van der Waals surface area contributed by atoms with E-state index in [2.05, 4.69) is 84.6 Å². The van der Waals surface area contributed by atoms with Crippen LogP contribution in [0, 0.1) is 6.92 Å². The highest BCUT2D eigenvalue weighted by molar-refractivity contribution is 6.01. The number of anilines is 2. The molecule has 0 radical (unpaired) electrons. The van der Waals surface area contributed by atoms with Gasteiger partial charge < -0.3 is 4.90 Å². The molecule has 0 atom stereocenters. The molecule has 1 heteroatoms. The van der Waals surface area contributed by atoms with Gasteiger partial charge in [-0.15, -0.1) is 0 Å². The second-order valence-electron chi connectivity index (χ2n) is 7.05. The summed E-state index contributed by atoms with van der Waals surface area (Å²) < 4.78 is 0. The normalized spacial score (nSPS) is 15.1. The second kappa shape index (κ2) is 5.63. The first-order valence-corrected chi connectivity index (χ1v) is 9.09.